The van der Waals surface area contributed by atoms with Gasteiger partial charge in [0.05, 0.1) is 57.7 Å². The minimum atomic E-state index is -1.40. The van der Waals surface area contributed by atoms with Gasteiger partial charge in [-0.3, -0.25) is 0 Å². The summed E-state index contributed by atoms with van der Waals surface area (Å²) in [6, 6.07) is 10.4. The lowest BCUT2D eigenvalue weighted by Crippen LogP contribution is -2.38. The predicted molar refractivity (Wildman–Crippen MR) is 212 cm³/mol. The maximum atomic E-state index is 11.8. The molecule has 0 saturated carbocycles. The predicted octanol–water partition coefficient (Wildman–Crippen LogP) is 10.4. The van der Waals surface area contributed by atoms with Gasteiger partial charge in [0.2, 0.25) is 0 Å². The molecule has 3 atom stereocenters. The highest BCUT2D eigenvalue weighted by atomic mass is 16.9. The van der Waals surface area contributed by atoms with Gasteiger partial charge in [-0.15, -0.1) is 0 Å². The van der Waals surface area contributed by atoms with Crippen LogP contribution in [0.4, 0.5) is 0 Å². The standard InChI is InChI=1S/C45H50O11/c1-27(9-12-37-42(3,4)55-44(7,8)53-37)17-22-50-41-30-15-20-45(52-36(30)26-34-32(41)19-24-48-34)54-38(43(5,6)56-45)13-10-28(2)16-21-49-40-29-11-14-39(46)51-35(29)25-33-31(40)18-23-47-33/h11,14-20,23-26,37-38H,9-10,12-13,21-22H2,1-8H3/t37?,38-,45?/m1/s1. The van der Waals surface area contributed by atoms with Gasteiger partial charge in [-0.05, 0) is 118 Å². The molecule has 296 valence electrons. The first kappa shape index (κ1) is 38.1. The number of rotatable bonds is 12. The summed E-state index contributed by atoms with van der Waals surface area (Å²) in [4.78, 5) is 11.8. The minimum Gasteiger partial charge on any atom is -0.488 e. The van der Waals surface area contributed by atoms with Crippen molar-refractivity contribution in [3.05, 3.63) is 94.3 Å². The summed E-state index contributed by atoms with van der Waals surface area (Å²) in [6.07, 6.45) is 14.1. The summed E-state index contributed by atoms with van der Waals surface area (Å²) in [6.45, 7) is 17.0. The molecule has 2 saturated heterocycles. The molecule has 2 unspecified atom stereocenters. The van der Waals surface area contributed by atoms with Crippen molar-refractivity contribution in [2.75, 3.05) is 13.2 Å². The third-order valence-electron chi connectivity index (χ3n) is 10.8. The second-order valence-electron chi connectivity index (χ2n) is 16.5. The van der Waals surface area contributed by atoms with E-state index in [1.165, 1.54) is 11.6 Å². The third-order valence-corrected chi connectivity index (χ3v) is 10.8. The van der Waals surface area contributed by atoms with Gasteiger partial charge < -0.3 is 46.4 Å². The molecule has 8 rings (SSSR count). The molecule has 0 N–H and O–H groups in total. The number of hydrogen-bond acceptors (Lipinski definition) is 11. The summed E-state index contributed by atoms with van der Waals surface area (Å²) in [5, 5.41) is 2.38. The van der Waals surface area contributed by atoms with Crippen LogP contribution in [0.2, 0.25) is 0 Å². The molecule has 0 amide bonds. The summed E-state index contributed by atoms with van der Waals surface area (Å²) in [5.41, 5.74) is 3.37. The van der Waals surface area contributed by atoms with Gasteiger partial charge in [-0.1, -0.05) is 11.1 Å². The Morgan fingerprint density at radius 2 is 1.30 bits per heavy atom. The van der Waals surface area contributed by atoms with Gasteiger partial charge in [0.15, 0.2) is 5.79 Å². The topological polar surface area (TPSA) is 121 Å². The van der Waals surface area contributed by atoms with E-state index in [0.717, 1.165) is 41.2 Å². The number of furan rings is 2. The highest BCUT2D eigenvalue weighted by Gasteiger charge is 2.54. The monoisotopic (exact) mass is 766 g/mol. The highest BCUT2D eigenvalue weighted by Crippen LogP contribution is 2.48. The van der Waals surface area contributed by atoms with Gasteiger partial charge >= 0.3 is 11.6 Å². The van der Waals surface area contributed by atoms with E-state index < -0.39 is 23.0 Å². The van der Waals surface area contributed by atoms with Crippen LogP contribution < -0.4 is 19.8 Å². The van der Waals surface area contributed by atoms with E-state index in [4.69, 9.17) is 46.4 Å². The largest absolute Gasteiger partial charge is 0.488 e. The van der Waals surface area contributed by atoms with Crippen LogP contribution >= 0.6 is 0 Å². The number of fused-ring (bicyclic) bond motifs is 4. The van der Waals surface area contributed by atoms with Crippen molar-refractivity contribution in [2.24, 2.45) is 0 Å². The van der Waals surface area contributed by atoms with Gasteiger partial charge in [-0.25, -0.2) is 4.79 Å². The van der Waals surface area contributed by atoms with E-state index in [2.05, 4.69) is 33.8 Å². The van der Waals surface area contributed by atoms with E-state index in [0.29, 0.717) is 59.0 Å². The quantitative estimate of drug-likeness (QED) is 0.0891. The summed E-state index contributed by atoms with van der Waals surface area (Å²) >= 11 is 0. The third kappa shape index (κ3) is 7.53. The number of benzene rings is 2. The Morgan fingerprint density at radius 1 is 0.714 bits per heavy atom. The fraction of sp³-hybridized carbons (Fsp3) is 0.444. The van der Waals surface area contributed by atoms with Gasteiger partial charge in [0.1, 0.15) is 47.2 Å². The second-order valence-corrected chi connectivity index (χ2v) is 16.5. The molecule has 11 nitrogen and oxygen atoms in total. The average molecular weight is 767 g/mol. The first-order valence-corrected chi connectivity index (χ1v) is 19.3. The van der Waals surface area contributed by atoms with Crippen LogP contribution in [-0.2, 0) is 18.9 Å². The SMILES string of the molecule is CC(=CCOc1c2c(cc3occc13)OC1(C=C2)O[C@H](CCC(C)=CCOc2c3ccoc3cc3oc(=O)ccc23)C(C)(C)O1)CCC1OC(C)(C)OC1(C)C. The normalized spacial score (nSPS) is 24.0. The number of ether oxygens (including phenoxy) is 7. The van der Waals surface area contributed by atoms with E-state index in [1.54, 1.807) is 24.7 Å². The molecule has 0 bridgehead atoms. The van der Waals surface area contributed by atoms with E-state index >= 15 is 0 Å². The fourth-order valence-electron chi connectivity index (χ4n) is 8.00. The fourth-order valence-corrected chi connectivity index (χ4v) is 8.00. The first-order chi connectivity index (χ1) is 26.6. The van der Waals surface area contributed by atoms with Crippen LogP contribution in [0.5, 0.6) is 17.2 Å². The van der Waals surface area contributed by atoms with Crippen molar-refractivity contribution < 1.29 is 46.4 Å². The molecular formula is C45H50O11. The Morgan fingerprint density at radius 3 is 1.96 bits per heavy atom. The Labute approximate surface area is 325 Å². The zero-order valence-electron chi connectivity index (χ0n) is 33.3. The molecule has 0 aliphatic carbocycles. The van der Waals surface area contributed by atoms with Crippen molar-refractivity contribution >= 4 is 39.0 Å². The Kier molecular flexibility index (Phi) is 9.72. The van der Waals surface area contributed by atoms with Crippen molar-refractivity contribution in [1.82, 2.24) is 0 Å². The summed E-state index contributed by atoms with van der Waals surface area (Å²) in [7, 11) is 0. The molecule has 2 fully saturated rings. The lowest BCUT2D eigenvalue weighted by molar-refractivity contribution is -0.270. The van der Waals surface area contributed by atoms with E-state index in [1.807, 2.05) is 64.1 Å². The van der Waals surface area contributed by atoms with Crippen LogP contribution in [0.25, 0.3) is 39.0 Å². The molecule has 1 spiro atoms. The molecule has 56 heavy (non-hydrogen) atoms. The zero-order chi connectivity index (χ0) is 39.5. The summed E-state index contributed by atoms with van der Waals surface area (Å²) < 4.78 is 61.4. The van der Waals surface area contributed by atoms with Crippen LogP contribution in [0.15, 0.2) is 96.3 Å². The van der Waals surface area contributed by atoms with Crippen LogP contribution in [-0.4, -0.2) is 48.4 Å². The van der Waals surface area contributed by atoms with Crippen LogP contribution in [0, 0.1) is 0 Å². The Hall–Kier alpha value is -4.81. The molecule has 3 aliphatic heterocycles. The van der Waals surface area contributed by atoms with Crippen molar-refractivity contribution in [3.8, 4) is 17.2 Å². The van der Waals surface area contributed by atoms with Gasteiger partial charge in [-0.2, -0.15) is 0 Å². The van der Waals surface area contributed by atoms with Crippen molar-refractivity contribution in [3.63, 3.8) is 0 Å². The lowest BCUT2D eigenvalue weighted by atomic mass is 9.96. The first-order valence-electron chi connectivity index (χ1n) is 19.3. The zero-order valence-corrected chi connectivity index (χ0v) is 33.3. The van der Waals surface area contributed by atoms with Crippen molar-refractivity contribution in [2.45, 2.75) is 116 Å². The van der Waals surface area contributed by atoms with E-state index in [-0.39, 0.29) is 17.8 Å². The second kappa shape index (κ2) is 14.3. The smallest absolute Gasteiger partial charge is 0.350 e. The molecule has 6 heterocycles. The highest BCUT2D eigenvalue weighted by molar-refractivity contribution is 6.01. The maximum Gasteiger partial charge on any atom is 0.350 e. The molecule has 5 aromatic rings. The number of allylic oxidation sites excluding steroid dienone is 2. The Balaban J connectivity index is 0.906. The molecule has 11 heteroatoms. The van der Waals surface area contributed by atoms with Gasteiger partial charge in [0.25, 0.3) is 0 Å². The summed E-state index contributed by atoms with van der Waals surface area (Å²) in [5.74, 6) is -0.141. The van der Waals surface area contributed by atoms with Gasteiger partial charge in [0, 0.05) is 24.3 Å². The molecular weight excluding hydrogens is 716 g/mol. The van der Waals surface area contributed by atoms with E-state index in [9.17, 15) is 4.79 Å². The average Bonchev–Trinajstić information content (AvgIpc) is 3.88. The van der Waals surface area contributed by atoms with Crippen LogP contribution in [0.1, 0.15) is 86.6 Å². The number of hydrogen-bond donors (Lipinski definition) is 0. The Bertz CT molecular complexity index is 2420. The molecule has 3 aromatic heterocycles. The molecule has 0 radical (unpaired) electrons. The molecule has 2 aromatic carbocycles. The van der Waals surface area contributed by atoms with Crippen molar-refractivity contribution in [1.29, 1.82) is 0 Å². The lowest BCUT2D eigenvalue weighted by Gasteiger charge is -2.30. The van der Waals surface area contributed by atoms with Crippen LogP contribution in [0.3, 0.4) is 0 Å². The molecule has 3 aliphatic rings. The maximum absolute atomic E-state index is 11.8. The minimum absolute atomic E-state index is 0.0116.